The van der Waals surface area contributed by atoms with E-state index in [-0.39, 0.29) is 59.2 Å². The van der Waals surface area contributed by atoms with Crippen molar-refractivity contribution in [2.24, 2.45) is 0 Å². The SMILES string of the molecule is COc1cc(OC)nc(OCC(=O)c2ccccc2Oc2nc(OC)cc(OC)n2)n1. The number of methoxy groups -OCH3 is 4. The van der Waals surface area contributed by atoms with Gasteiger partial charge in [0.25, 0.3) is 0 Å². The minimum atomic E-state index is -0.379. The smallest absolute Gasteiger partial charge is 0.328 e. The van der Waals surface area contributed by atoms with Gasteiger partial charge in [0.15, 0.2) is 6.61 Å². The fourth-order valence-corrected chi connectivity index (χ4v) is 2.39. The van der Waals surface area contributed by atoms with Gasteiger partial charge in [-0.3, -0.25) is 4.79 Å². The van der Waals surface area contributed by atoms with Crippen LogP contribution >= 0.6 is 0 Å². The van der Waals surface area contributed by atoms with E-state index in [0.717, 1.165) is 0 Å². The summed E-state index contributed by atoms with van der Waals surface area (Å²) in [6, 6.07) is 9.47. The van der Waals surface area contributed by atoms with Crippen LogP contribution in [0.1, 0.15) is 10.4 Å². The summed E-state index contributed by atoms with van der Waals surface area (Å²) in [5.74, 6) is 0.826. The van der Waals surface area contributed by atoms with Gasteiger partial charge in [0.1, 0.15) is 5.75 Å². The largest absolute Gasteiger partial charge is 0.481 e. The van der Waals surface area contributed by atoms with Crippen LogP contribution in [0.25, 0.3) is 0 Å². The molecule has 1 aromatic carbocycles. The third-order valence-electron chi connectivity index (χ3n) is 3.87. The molecular formula is C20H20N4O7. The van der Waals surface area contributed by atoms with Crippen LogP contribution in [-0.2, 0) is 0 Å². The number of nitrogens with zero attached hydrogens (tertiary/aromatic N) is 4. The standard InChI is InChI=1S/C20H20N4O7/c1-26-15-9-16(27-2)22-19(21-15)30-11-13(25)12-7-5-6-8-14(12)31-20-23-17(28-3)10-18(24-20)29-4/h5-10H,11H2,1-4H3. The molecule has 11 heteroatoms. The van der Waals surface area contributed by atoms with Crippen molar-refractivity contribution in [3.63, 3.8) is 0 Å². The molecule has 2 heterocycles. The van der Waals surface area contributed by atoms with Gasteiger partial charge in [-0.25, -0.2) is 0 Å². The normalized spacial score (nSPS) is 10.2. The van der Waals surface area contributed by atoms with E-state index in [0.29, 0.717) is 0 Å². The minimum Gasteiger partial charge on any atom is -0.481 e. The lowest BCUT2D eigenvalue weighted by Crippen LogP contribution is -2.14. The number of rotatable bonds is 10. The highest BCUT2D eigenvalue weighted by atomic mass is 16.5. The summed E-state index contributed by atoms with van der Waals surface area (Å²) >= 11 is 0. The molecule has 0 saturated heterocycles. The molecule has 3 aromatic rings. The summed E-state index contributed by atoms with van der Waals surface area (Å²) in [5.41, 5.74) is 0.253. The van der Waals surface area contributed by atoms with Gasteiger partial charge < -0.3 is 28.4 Å². The van der Waals surface area contributed by atoms with Gasteiger partial charge in [-0.15, -0.1) is 0 Å². The predicted octanol–water partition coefficient (Wildman–Crippen LogP) is 2.36. The first-order valence-corrected chi connectivity index (χ1v) is 8.93. The van der Waals surface area contributed by atoms with Crippen molar-refractivity contribution in [2.75, 3.05) is 35.0 Å². The highest BCUT2D eigenvalue weighted by Gasteiger charge is 2.17. The second kappa shape index (κ2) is 10.1. The molecule has 0 radical (unpaired) electrons. The number of ketones is 1. The zero-order valence-corrected chi connectivity index (χ0v) is 17.3. The number of benzene rings is 1. The Balaban J connectivity index is 1.78. The van der Waals surface area contributed by atoms with Crippen molar-refractivity contribution < 1.29 is 33.2 Å². The van der Waals surface area contributed by atoms with E-state index < -0.39 is 0 Å². The van der Waals surface area contributed by atoms with Crippen LogP contribution in [0.2, 0.25) is 0 Å². The molecule has 0 aliphatic rings. The molecule has 0 unspecified atom stereocenters. The quantitative estimate of drug-likeness (QED) is 0.442. The summed E-state index contributed by atoms with van der Waals surface area (Å²) in [7, 11) is 5.80. The lowest BCUT2D eigenvalue weighted by molar-refractivity contribution is 0.0910. The van der Waals surface area contributed by atoms with Crippen molar-refractivity contribution in [3.8, 4) is 41.3 Å². The molecule has 162 valence electrons. The van der Waals surface area contributed by atoms with E-state index in [1.165, 1.54) is 40.6 Å². The molecular weight excluding hydrogens is 408 g/mol. The fraction of sp³-hybridized carbons (Fsp3) is 0.250. The van der Waals surface area contributed by atoms with Crippen molar-refractivity contribution in [2.45, 2.75) is 0 Å². The van der Waals surface area contributed by atoms with E-state index in [1.54, 1.807) is 24.3 Å². The fourth-order valence-electron chi connectivity index (χ4n) is 2.39. The molecule has 0 spiro atoms. The second-order valence-corrected chi connectivity index (χ2v) is 5.78. The van der Waals surface area contributed by atoms with E-state index in [9.17, 15) is 4.79 Å². The first-order chi connectivity index (χ1) is 15.1. The Kier molecular flexibility index (Phi) is 6.99. The molecule has 2 aromatic heterocycles. The van der Waals surface area contributed by atoms with E-state index in [1.807, 2.05) is 0 Å². The first-order valence-electron chi connectivity index (χ1n) is 8.93. The highest BCUT2D eigenvalue weighted by molar-refractivity contribution is 5.99. The summed E-state index contributed by atoms with van der Waals surface area (Å²) < 4.78 is 31.5. The maximum absolute atomic E-state index is 12.8. The Bertz CT molecular complexity index is 1020. The van der Waals surface area contributed by atoms with Crippen molar-refractivity contribution >= 4 is 5.78 Å². The Morgan fingerprint density at radius 3 is 1.74 bits per heavy atom. The maximum atomic E-state index is 12.8. The van der Waals surface area contributed by atoms with Crippen LogP contribution in [0.3, 0.4) is 0 Å². The van der Waals surface area contributed by atoms with E-state index in [4.69, 9.17) is 28.4 Å². The van der Waals surface area contributed by atoms with Crippen LogP contribution in [0.5, 0.6) is 41.3 Å². The topological polar surface area (TPSA) is 124 Å². The highest BCUT2D eigenvalue weighted by Crippen LogP contribution is 2.27. The zero-order chi connectivity index (χ0) is 22.2. The van der Waals surface area contributed by atoms with Crippen LogP contribution in [0, 0.1) is 0 Å². The number of ether oxygens (including phenoxy) is 6. The van der Waals surface area contributed by atoms with Crippen molar-refractivity contribution in [3.05, 3.63) is 42.0 Å². The van der Waals surface area contributed by atoms with E-state index >= 15 is 0 Å². The predicted molar refractivity (Wildman–Crippen MR) is 107 cm³/mol. The van der Waals surface area contributed by atoms with Crippen LogP contribution in [0.4, 0.5) is 0 Å². The monoisotopic (exact) mass is 428 g/mol. The number of carbonyl (C=O) groups excluding carboxylic acids is 1. The van der Waals surface area contributed by atoms with Gasteiger partial charge in [0.05, 0.1) is 46.1 Å². The van der Waals surface area contributed by atoms with Gasteiger partial charge in [0, 0.05) is 0 Å². The lowest BCUT2D eigenvalue weighted by atomic mass is 10.1. The Labute approximate surface area is 177 Å². The molecule has 0 atom stereocenters. The number of aromatic nitrogens is 4. The average Bonchev–Trinajstić information content (AvgIpc) is 2.82. The number of hydrogen-bond donors (Lipinski definition) is 0. The van der Waals surface area contributed by atoms with Crippen molar-refractivity contribution in [1.29, 1.82) is 0 Å². The molecule has 0 N–H and O–H groups in total. The van der Waals surface area contributed by atoms with Gasteiger partial charge in [-0.1, -0.05) is 12.1 Å². The molecule has 0 fully saturated rings. The Hall–Kier alpha value is -4.15. The summed E-state index contributed by atoms with van der Waals surface area (Å²) in [6.07, 6.45) is 0. The third kappa shape index (κ3) is 5.47. The molecule has 0 aliphatic heterocycles. The molecule has 3 rings (SSSR count). The Morgan fingerprint density at radius 1 is 0.742 bits per heavy atom. The molecule has 0 aliphatic carbocycles. The average molecular weight is 428 g/mol. The minimum absolute atomic E-state index is 0.0433. The Morgan fingerprint density at radius 2 is 1.23 bits per heavy atom. The molecule has 31 heavy (non-hydrogen) atoms. The summed E-state index contributed by atoms with van der Waals surface area (Å²) in [4.78, 5) is 29.0. The zero-order valence-electron chi connectivity index (χ0n) is 17.3. The second-order valence-electron chi connectivity index (χ2n) is 5.78. The summed E-state index contributed by atoms with van der Waals surface area (Å²) in [6.45, 7) is -0.348. The first kappa shape index (κ1) is 21.6. The lowest BCUT2D eigenvalue weighted by Gasteiger charge is -2.11. The molecule has 0 bridgehead atoms. The molecule has 11 nitrogen and oxygen atoms in total. The molecule has 0 saturated carbocycles. The number of carbonyl (C=O) groups is 1. The van der Waals surface area contributed by atoms with Crippen LogP contribution in [-0.4, -0.2) is 60.8 Å². The number of para-hydroxylation sites is 1. The van der Waals surface area contributed by atoms with Gasteiger partial charge in [-0.2, -0.15) is 19.9 Å². The summed E-state index contributed by atoms with van der Waals surface area (Å²) in [5, 5.41) is 0. The molecule has 0 amide bonds. The van der Waals surface area contributed by atoms with E-state index in [2.05, 4.69) is 19.9 Å². The van der Waals surface area contributed by atoms with Crippen molar-refractivity contribution in [1.82, 2.24) is 19.9 Å². The van der Waals surface area contributed by atoms with Gasteiger partial charge in [-0.05, 0) is 12.1 Å². The van der Waals surface area contributed by atoms with Crippen LogP contribution < -0.4 is 28.4 Å². The number of hydrogen-bond acceptors (Lipinski definition) is 11. The third-order valence-corrected chi connectivity index (χ3v) is 3.87. The van der Waals surface area contributed by atoms with Gasteiger partial charge in [0.2, 0.25) is 29.3 Å². The van der Waals surface area contributed by atoms with Gasteiger partial charge >= 0.3 is 12.0 Å². The van der Waals surface area contributed by atoms with Crippen LogP contribution in [0.15, 0.2) is 36.4 Å². The number of Topliss-reactive ketones (excluding diaryl/α,β-unsaturated/α-hetero) is 1. The maximum Gasteiger partial charge on any atom is 0.328 e.